The van der Waals surface area contributed by atoms with Gasteiger partial charge in [-0.15, -0.1) is 11.3 Å². The third kappa shape index (κ3) is 5.77. The zero-order valence-corrected chi connectivity index (χ0v) is 29.7. The molecule has 9 aromatic rings. The van der Waals surface area contributed by atoms with Crippen molar-refractivity contribution in [1.29, 1.82) is 0 Å². The van der Waals surface area contributed by atoms with Crippen molar-refractivity contribution in [2.24, 2.45) is 0 Å². The van der Waals surface area contributed by atoms with Gasteiger partial charge in [0.15, 0.2) is 0 Å². The standard InChI is InChI=1S/C48H36N4S/c49-38-21-23-45-37(28-38)25-26-52(45)39-22-24-46-42(29-39)41-16-8-15-40(47(41)53-46)35-13-7-14-36(27-35)44-30-43(50-48(51-44)34-11-5-2-6-12-34)33-19-17-32(18-20-33)31-9-3-1-4-10-31/h1-30,44,48,50-51H,49H2. The van der Waals surface area contributed by atoms with Crippen LogP contribution in [0.5, 0.6) is 0 Å². The van der Waals surface area contributed by atoms with Crippen LogP contribution in [0.2, 0.25) is 0 Å². The summed E-state index contributed by atoms with van der Waals surface area (Å²) in [4.78, 5) is 0. The third-order valence-electron chi connectivity index (χ3n) is 10.4. The highest BCUT2D eigenvalue weighted by molar-refractivity contribution is 7.26. The zero-order chi connectivity index (χ0) is 35.3. The Morgan fingerprint density at radius 2 is 1.30 bits per heavy atom. The van der Waals surface area contributed by atoms with E-state index in [0.29, 0.717) is 0 Å². The monoisotopic (exact) mass is 700 g/mol. The fraction of sp³-hybridized carbons (Fsp3) is 0.0417. The number of rotatable bonds is 6. The molecule has 53 heavy (non-hydrogen) atoms. The number of hydrogen-bond donors (Lipinski definition) is 3. The van der Waals surface area contributed by atoms with Crippen LogP contribution < -0.4 is 16.4 Å². The quantitative estimate of drug-likeness (QED) is 0.151. The second-order valence-corrected chi connectivity index (χ2v) is 14.8. The van der Waals surface area contributed by atoms with Gasteiger partial charge in [-0.1, -0.05) is 121 Å². The van der Waals surface area contributed by atoms with Gasteiger partial charge < -0.3 is 15.6 Å². The normalized spacial score (nSPS) is 15.8. The molecule has 4 N–H and O–H groups in total. The van der Waals surface area contributed by atoms with Crippen molar-refractivity contribution in [3.8, 4) is 27.9 Å². The van der Waals surface area contributed by atoms with E-state index in [2.05, 4.69) is 185 Å². The van der Waals surface area contributed by atoms with Gasteiger partial charge in [0.05, 0.1) is 11.6 Å². The van der Waals surface area contributed by atoms with Crippen LogP contribution in [0, 0.1) is 0 Å². The Labute approximate surface area is 312 Å². The van der Waals surface area contributed by atoms with Gasteiger partial charge in [-0.25, -0.2) is 0 Å². The molecule has 0 radical (unpaired) electrons. The number of nitrogens with one attached hydrogen (secondary N) is 2. The molecule has 4 nitrogen and oxygen atoms in total. The molecule has 10 rings (SSSR count). The van der Waals surface area contributed by atoms with Crippen molar-refractivity contribution in [3.05, 3.63) is 199 Å². The van der Waals surface area contributed by atoms with E-state index in [9.17, 15) is 0 Å². The minimum absolute atomic E-state index is 0.00104. The van der Waals surface area contributed by atoms with E-state index in [1.165, 1.54) is 59.1 Å². The van der Waals surface area contributed by atoms with Gasteiger partial charge in [0.1, 0.15) is 6.17 Å². The smallest absolute Gasteiger partial charge is 0.104 e. The lowest BCUT2D eigenvalue weighted by Crippen LogP contribution is -2.39. The number of hydrogen-bond acceptors (Lipinski definition) is 4. The van der Waals surface area contributed by atoms with Crippen LogP contribution in [0.1, 0.15) is 28.9 Å². The number of anilines is 1. The molecule has 0 saturated heterocycles. The summed E-state index contributed by atoms with van der Waals surface area (Å²) in [6.07, 6.45) is 4.42. The maximum absolute atomic E-state index is 6.07. The van der Waals surface area contributed by atoms with Gasteiger partial charge >= 0.3 is 0 Å². The van der Waals surface area contributed by atoms with Gasteiger partial charge in [0, 0.05) is 48.8 Å². The Morgan fingerprint density at radius 1 is 0.566 bits per heavy atom. The van der Waals surface area contributed by atoms with Crippen molar-refractivity contribution in [2.45, 2.75) is 12.2 Å². The Bertz CT molecular complexity index is 2800. The highest BCUT2D eigenvalue weighted by Gasteiger charge is 2.24. The van der Waals surface area contributed by atoms with E-state index >= 15 is 0 Å². The van der Waals surface area contributed by atoms with Gasteiger partial charge in [-0.3, -0.25) is 5.32 Å². The lowest BCUT2D eigenvalue weighted by molar-refractivity contribution is 0.443. The number of nitrogens with zero attached hydrogens (tertiary/aromatic N) is 1. The lowest BCUT2D eigenvalue weighted by atomic mass is 9.94. The fourth-order valence-corrected chi connectivity index (χ4v) is 8.98. The third-order valence-corrected chi connectivity index (χ3v) is 11.7. The van der Waals surface area contributed by atoms with Crippen LogP contribution in [0.25, 0.3) is 64.7 Å². The Balaban J connectivity index is 1.02. The van der Waals surface area contributed by atoms with E-state index in [1.807, 2.05) is 23.5 Å². The average molecular weight is 701 g/mol. The molecule has 2 unspecified atom stereocenters. The summed E-state index contributed by atoms with van der Waals surface area (Å²) in [7, 11) is 0. The van der Waals surface area contributed by atoms with Crippen molar-refractivity contribution in [2.75, 3.05) is 5.73 Å². The Kier molecular flexibility index (Phi) is 7.68. The van der Waals surface area contributed by atoms with Crippen LogP contribution >= 0.6 is 11.3 Å². The molecular weight excluding hydrogens is 665 g/mol. The molecular formula is C48H36N4S. The largest absolute Gasteiger partial charge is 0.399 e. The van der Waals surface area contributed by atoms with Crippen LogP contribution in [-0.2, 0) is 0 Å². The first-order valence-electron chi connectivity index (χ1n) is 18.0. The predicted octanol–water partition coefficient (Wildman–Crippen LogP) is 11.9. The van der Waals surface area contributed by atoms with E-state index in [1.54, 1.807) is 0 Å². The summed E-state index contributed by atoms with van der Waals surface area (Å²) in [6.45, 7) is 0. The molecule has 2 aromatic heterocycles. The summed E-state index contributed by atoms with van der Waals surface area (Å²) >= 11 is 1.87. The Morgan fingerprint density at radius 3 is 2.15 bits per heavy atom. The molecule has 7 aromatic carbocycles. The van der Waals surface area contributed by atoms with Gasteiger partial charge in [0.25, 0.3) is 0 Å². The van der Waals surface area contributed by atoms with Gasteiger partial charge in [-0.2, -0.15) is 0 Å². The molecule has 0 fully saturated rings. The van der Waals surface area contributed by atoms with Crippen molar-refractivity contribution in [3.63, 3.8) is 0 Å². The van der Waals surface area contributed by atoms with E-state index in [0.717, 1.165) is 28.0 Å². The molecule has 254 valence electrons. The van der Waals surface area contributed by atoms with Crippen molar-refractivity contribution < 1.29 is 0 Å². The Hall–Kier alpha value is -6.40. The highest BCUT2D eigenvalue weighted by Crippen LogP contribution is 2.42. The minimum atomic E-state index is -0.0475. The predicted molar refractivity (Wildman–Crippen MR) is 224 cm³/mol. The summed E-state index contributed by atoms with van der Waals surface area (Å²) < 4.78 is 4.83. The number of benzene rings is 7. The van der Waals surface area contributed by atoms with Crippen molar-refractivity contribution >= 4 is 53.8 Å². The number of nitrogens with two attached hydrogens (primary N) is 1. The summed E-state index contributed by atoms with van der Waals surface area (Å²) in [6, 6.07) is 60.9. The molecule has 0 amide bonds. The molecule has 5 heteroatoms. The first kappa shape index (κ1) is 31.3. The summed E-state index contributed by atoms with van der Waals surface area (Å²) in [5.41, 5.74) is 18.8. The van der Waals surface area contributed by atoms with Gasteiger partial charge in [0.2, 0.25) is 0 Å². The van der Waals surface area contributed by atoms with Crippen LogP contribution in [0.3, 0.4) is 0 Å². The van der Waals surface area contributed by atoms with Crippen LogP contribution in [0.4, 0.5) is 5.69 Å². The molecule has 1 aliphatic heterocycles. The van der Waals surface area contributed by atoms with Gasteiger partial charge in [-0.05, 0) is 93.6 Å². The van der Waals surface area contributed by atoms with Crippen molar-refractivity contribution in [1.82, 2.24) is 15.2 Å². The second kappa shape index (κ2) is 13.0. The molecule has 2 atom stereocenters. The van der Waals surface area contributed by atoms with E-state index < -0.39 is 0 Å². The molecule has 1 aliphatic rings. The topological polar surface area (TPSA) is 55.0 Å². The van der Waals surface area contributed by atoms with Crippen LogP contribution in [-0.4, -0.2) is 4.57 Å². The highest BCUT2D eigenvalue weighted by atomic mass is 32.1. The minimum Gasteiger partial charge on any atom is -0.399 e. The summed E-state index contributed by atoms with van der Waals surface area (Å²) in [5, 5.41) is 11.4. The maximum Gasteiger partial charge on any atom is 0.104 e. The first-order valence-corrected chi connectivity index (χ1v) is 18.8. The lowest BCUT2D eigenvalue weighted by Gasteiger charge is -2.33. The number of fused-ring (bicyclic) bond motifs is 4. The summed E-state index contributed by atoms with van der Waals surface area (Å²) in [5.74, 6) is 0. The van der Waals surface area contributed by atoms with Crippen LogP contribution in [0.15, 0.2) is 182 Å². The number of nitrogen functional groups attached to an aromatic ring is 1. The average Bonchev–Trinajstić information content (AvgIpc) is 3.82. The van der Waals surface area contributed by atoms with E-state index in [4.69, 9.17) is 5.73 Å². The molecule has 0 aliphatic carbocycles. The zero-order valence-electron chi connectivity index (χ0n) is 28.9. The fourth-order valence-electron chi connectivity index (χ4n) is 7.76. The molecule has 0 spiro atoms. The molecule has 3 heterocycles. The first-order chi connectivity index (χ1) is 26.1. The maximum atomic E-state index is 6.07. The number of thiophene rings is 1. The van der Waals surface area contributed by atoms with E-state index in [-0.39, 0.29) is 12.2 Å². The molecule has 0 bridgehead atoms. The molecule has 0 saturated carbocycles. The SMILES string of the molecule is Nc1ccc2c(ccn2-c2ccc3sc4c(-c5cccc(C6C=C(c7ccc(-c8ccccc8)cc7)NC(c7ccccc7)N6)c5)cccc4c3c2)c1. The number of aromatic nitrogens is 1. The second-order valence-electron chi connectivity index (χ2n) is 13.8.